The second-order valence-electron chi connectivity index (χ2n) is 7.13. The number of unbranched alkanes of at least 4 members (excludes halogenated alkanes) is 4. The minimum absolute atomic E-state index is 0.0488. The number of nitrogens with zero attached hydrogens (tertiary/aromatic N) is 1. The standard InChI is InChI=1S/C23H29F2NO2/c1-2-3-4-5-6-15-26(17-19-10-11-20(24)16-22(19)25)23(28)14-9-18-7-12-21(27)13-8-18/h7-8,10-13,16,27H,2-6,9,14-15,17H2,1H3. The van der Waals surface area contributed by atoms with E-state index in [-0.39, 0.29) is 18.2 Å². The van der Waals surface area contributed by atoms with Gasteiger partial charge in [-0.2, -0.15) is 0 Å². The monoisotopic (exact) mass is 389 g/mol. The highest BCUT2D eigenvalue weighted by molar-refractivity contribution is 5.76. The van der Waals surface area contributed by atoms with Gasteiger partial charge in [0, 0.05) is 31.1 Å². The first-order valence-corrected chi connectivity index (χ1v) is 9.99. The molecular formula is C23H29F2NO2. The molecule has 1 amide bonds. The lowest BCUT2D eigenvalue weighted by Crippen LogP contribution is -2.32. The number of hydrogen-bond acceptors (Lipinski definition) is 2. The number of aryl methyl sites for hydroxylation is 1. The molecule has 5 heteroatoms. The fourth-order valence-electron chi connectivity index (χ4n) is 3.13. The molecule has 0 bridgehead atoms. The number of aromatic hydroxyl groups is 1. The van der Waals surface area contributed by atoms with E-state index in [2.05, 4.69) is 6.92 Å². The molecule has 0 aliphatic rings. The van der Waals surface area contributed by atoms with Crippen LogP contribution in [0, 0.1) is 11.6 Å². The number of halogens is 2. The molecule has 2 rings (SSSR count). The molecule has 0 fully saturated rings. The highest BCUT2D eigenvalue weighted by Crippen LogP contribution is 2.16. The van der Waals surface area contributed by atoms with Crippen molar-refractivity contribution in [1.82, 2.24) is 4.90 Å². The van der Waals surface area contributed by atoms with Crippen molar-refractivity contribution in [3.05, 3.63) is 65.2 Å². The Morgan fingerprint density at radius 3 is 2.39 bits per heavy atom. The van der Waals surface area contributed by atoms with Gasteiger partial charge in [-0.05, 0) is 36.6 Å². The van der Waals surface area contributed by atoms with Crippen molar-refractivity contribution in [3.8, 4) is 5.75 Å². The second kappa shape index (κ2) is 11.4. The molecule has 0 heterocycles. The molecule has 0 aliphatic heterocycles. The Kier molecular flexibility index (Phi) is 8.92. The molecule has 3 nitrogen and oxygen atoms in total. The van der Waals surface area contributed by atoms with Crippen LogP contribution in [0.15, 0.2) is 42.5 Å². The van der Waals surface area contributed by atoms with Crippen LogP contribution >= 0.6 is 0 Å². The Balaban J connectivity index is 1.98. The highest BCUT2D eigenvalue weighted by Gasteiger charge is 2.16. The van der Waals surface area contributed by atoms with Gasteiger partial charge < -0.3 is 10.0 Å². The molecule has 0 aromatic heterocycles. The summed E-state index contributed by atoms with van der Waals surface area (Å²) in [6.07, 6.45) is 6.20. The third kappa shape index (κ3) is 7.29. The van der Waals surface area contributed by atoms with Crippen LogP contribution < -0.4 is 0 Å². The number of amides is 1. The SMILES string of the molecule is CCCCCCCN(Cc1ccc(F)cc1F)C(=O)CCc1ccc(O)cc1. The van der Waals surface area contributed by atoms with Gasteiger partial charge in [-0.1, -0.05) is 50.8 Å². The van der Waals surface area contributed by atoms with Crippen molar-refractivity contribution in [1.29, 1.82) is 0 Å². The van der Waals surface area contributed by atoms with Crippen molar-refractivity contribution in [2.24, 2.45) is 0 Å². The lowest BCUT2D eigenvalue weighted by molar-refractivity contribution is -0.131. The van der Waals surface area contributed by atoms with Crippen molar-refractivity contribution in [3.63, 3.8) is 0 Å². The van der Waals surface area contributed by atoms with Crippen LogP contribution in [0.2, 0.25) is 0 Å². The van der Waals surface area contributed by atoms with Crippen LogP contribution in [0.3, 0.4) is 0 Å². The third-order valence-corrected chi connectivity index (χ3v) is 4.82. The van der Waals surface area contributed by atoms with Crippen LogP contribution in [-0.2, 0) is 17.8 Å². The zero-order valence-corrected chi connectivity index (χ0v) is 16.5. The lowest BCUT2D eigenvalue weighted by Gasteiger charge is -2.23. The first-order valence-electron chi connectivity index (χ1n) is 9.99. The quantitative estimate of drug-likeness (QED) is 0.508. The predicted octanol–water partition coefficient (Wildman–Crippen LogP) is 5.60. The minimum atomic E-state index is -0.623. The lowest BCUT2D eigenvalue weighted by atomic mass is 10.1. The summed E-state index contributed by atoms with van der Waals surface area (Å²) in [4.78, 5) is 14.4. The number of carbonyl (C=O) groups is 1. The predicted molar refractivity (Wildman–Crippen MR) is 107 cm³/mol. The van der Waals surface area contributed by atoms with Gasteiger partial charge >= 0.3 is 0 Å². The van der Waals surface area contributed by atoms with Crippen LogP contribution in [0.25, 0.3) is 0 Å². The van der Waals surface area contributed by atoms with E-state index >= 15 is 0 Å². The van der Waals surface area contributed by atoms with Crippen LogP contribution in [-0.4, -0.2) is 22.5 Å². The fourth-order valence-corrected chi connectivity index (χ4v) is 3.13. The van der Waals surface area contributed by atoms with Crippen LogP contribution in [0.5, 0.6) is 5.75 Å². The van der Waals surface area contributed by atoms with Crippen molar-refractivity contribution < 1.29 is 18.7 Å². The maximum absolute atomic E-state index is 14.0. The average Bonchev–Trinajstić information content (AvgIpc) is 2.68. The Bertz CT molecular complexity index is 747. The van der Waals surface area contributed by atoms with E-state index in [1.54, 1.807) is 29.2 Å². The Morgan fingerprint density at radius 2 is 1.71 bits per heavy atom. The van der Waals surface area contributed by atoms with Gasteiger partial charge in [-0.3, -0.25) is 4.79 Å². The summed E-state index contributed by atoms with van der Waals surface area (Å²) < 4.78 is 27.2. The molecular weight excluding hydrogens is 360 g/mol. The van der Waals surface area contributed by atoms with E-state index in [1.165, 1.54) is 18.6 Å². The Hall–Kier alpha value is -2.43. The maximum atomic E-state index is 14.0. The first kappa shape index (κ1) is 21.9. The normalized spacial score (nSPS) is 10.8. The molecule has 0 saturated carbocycles. The largest absolute Gasteiger partial charge is 0.508 e. The van der Waals surface area contributed by atoms with Crippen LogP contribution in [0.1, 0.15) is 56.6 Å². The molecule has 0 spiro atoms. The Morgan fingerprint density at radius 1 is 1.00 bits per heavy atom. The summed E-state index contributed by atoms with van der Waals surface area (Å²) >= 11 is 0. The smallest absolute Gasteiger partial charge is 0.223 e. The van der Waals surface area contributed by atoms with E-state index in [9.17, 15) is 18.7 Å². The molecule has 28 heavy (non-hydrogen) atoms. The summed E-state index contributed by atoms with van der Waals surface area (Å²) in [7, 11) is 0. The molecule has 0 aliphatic carbocycles. The van der Waals surface area contributed by atoms with Gasteiger partial charge in [0.05, 0.1) is 0 Å². The molecule has 1 N–H and O–H groups in total. The first-order chi connectivity index (χ1) is 13.5. The molecule has 152 valence electrons. The minimum Gasteiger partial charge on any atom is -0.508 e. The van der Waals surface area contributed by atoms with E-state index in [4.69, 9.17) is 0 Å². The topological polar surface area (TPSA) is 40.5 Å². The van der Waals surface area contributed by atoms with E-state index < -0.39 is 11.6 Å². The third-order valence-electron chi connectivity index (χ3n) is 4.82. The molecule has 2 aromatic rings. The van der Waals surface area contributed by atoms with Crippen molar-refractivity contribution in [2.75, 3.05) is 6.54 Å². The van der Waals surface area contributed by atoms with Gasteiger partial charge in [-0.15, -0.1) is 0 Å². The number of rotatable bonds is 11. The number of phenols is 1. The van der Waals surface area contributed by atoms with E-state index in [0.29, 0.717) is 24.9 Å². The summed E-state index contributed by atoms with van der Waals surface area (Å²) in [5.41, 5.74) is 1.29. The van der Waals surface area contributed by atoms with Gasteiger partial charge in [0.1, 0.15) is 17.4 Å². The Labute approximate surface area is 166 Å². The van der Waals surface area contributed by atoms with Crippen molar-refractivity contribution >= 4 is 5.91 Å². The van der Waals surface area contributed by atoms with E-state index in [1.807, 2.05) is 0 Å². The fraction of sp³-hybridized carbons (Fsp3) is 0.435. The van der Waals surface area contributed by atoms with Crippen molar-refractivity contribution in [2.45, 2.75) is 58.4 Å². The molecule has 0 radical (unpaired) electrons. The highest BCUT2D eigenvalue weighted by atomic mass is 19.1. The molecule has 0 unspecified atom stereocenters. The number of phenolic OH excluding ortho intramolecular Hbond substituents is 1. The maximum Gasteiger partial charge on any atom is 0.223 e. The zero-order valence-electron chi connectivity index (χ0n) is 16.5. The van der Waals surface area contributed by atoms with Crippen LogP contribution in [0.4, 0.5) is 8.78 Å². The summed E-state index contributed by atoms with van der Waals surface area (Å²) in [5, 5.41) is 9.35. The molecule has 2 aromatic carbocycles. The van der Waals surface area contributed by atoms with Gasteiger partial charge in [0.25, 0.3) is 0 Å². The molecule has 0 atom stereocenters. The number of carbonyl (C=O) groups excluding carboxylic acids is 1. The van der Waals surface area contributed by atoms with E-state index in [0.717, 1.165) is 37.3 Å². The van der Waals surface area contributed by atoms with Gasteiger partial charge in [0.15, 0.2) is 0 Å². The summed E-state index contributed by atoms with van der Waals surface area (Å²) in [6, 6.07) is 10.3. The second-order valence-corrected chi connectivity index (χ2v) is 7.13. The zero-order chi connectivity index (χ0) is 20.4. The summed E-state index contributed by atoms with van der Waals surface area (Å²) in [5.74, 6) is -1.10. The average molecular weight is 389 g/mol. The molecule has 0 saturated heterocycles. The summed E-state index contributed by atoms with van der Waals surface area (Å²) in [6.45, 7) is 2.86. The number of hydrogen-bond donors (Lipinski definition) is 1. The van der Waals surface area contributed by atoms with Gasteiger partial charge in [-0.25, -0.2) is 8.78 Å². The van der Waals surface area contributed by atoms with Gasteiger partial charge in [0.2, 0.25) is 5.91 Å². The number of benzene rings is 2.